The summed E-state index contributed by atoms with van der Waals surface area (Å²) < 4.78 is 0. The fourth-order valence-corrected chi connectivity index (χ4v) is 5.06. The van der Waals surface area contributed by atoms with Gasteiger partial charge in [-0.3, -0.25) is 0 Å². The first-order valence-electron chi connectivity index (χ1n) is 7.71. The SMILES string of the molecule is CC1CC2(CCCCC2)N([OH2+])C12CCCCC2. The Hall–Kier alpha value is -0.0800. The van der Waals surface area contributed by atoms with Gasteiger partial charge in [0.05, 0.1) is 11.1 Å². The van der Waals surface area contributed by atoms with Crippen LogP contribution in [-0.4, -0.2) is 21.3 Å². The summed E-state index contributed by atoms with van der Waals surface area (Å²) in [4.78, 5) is 0. The normalized spacial score (nSPS) is 36.7. The Bertz CT molecular complexity index is 277. The lowest BCUT2D eigenvalue weighted by Crippen LogP contribution is -2.54. The van der Waals surface area contributed by atoms with Crippen molar-refractivity contribution in [3.05, 3.63) is 0 Å². The Morgan fingerprint density at radius 2 is 1.41 bits per heavy atom. The summed E-state index contributed by atoms with van der Waals surface area (Å²) in [5, 5.41) is 10.9. The lowest BCUT2D eigenvalue weighted by Gasteiger charge is -2.43. The van der Waals surface area contributed by atoms with Crippen LogP contribution in [0.15, 0.2) is 0 Å². The molecule has 1 heterocycles. The second kappa shape index (κ2) is 4.24. The molecule has 0 aromatic heterocycles. The van der Waals surface area contributed by atoms with Crippen LogP contribution in [0.4, 0.5) is 0 Å². The van der Waals surface area contributed by atoms with Gasteiger partial charge in [-0.05, 0) is 38.0 Å². The summed E-state index contributed by atoms with van der Waals surface area (Å²) in [6.45, 7) is 2.43. The van der Waals surface area contributed by atoms with Gasteiger partial charge >= 0.3 is 0 Å². The highest BCUT2D eigenvalue weighted by molar-refractivity contribution is 5.10. The molecule has 1 saturated heterocycles. The summed E-state index contributed by atoms with van der Waals surface area (Å²) in [7, 11) is 0. The van der Waals surface area contributed by atoms with Gasteiger partial charge in [-0.25, -0.2) is 0 Å². The molecule has 1 unspecified atom stereocenters. The maximum absolute atomic E-state index is 8.78. The fourth-order valence-electron chi connectivity index (χ4n) is 5.06. The Labute approximate surface area is 105 Å². The van der Waals surface area contributed by atoms with Gasteiger partial charge in [-0.15, -0.1) is 0 Å². The molecule has 0 amide bonds. The molecule has 98 valence electrons. The number of hydroxylamine groups is 2. The van der Waals surface area contributed by atoms with Gasteiger partial charge < -0.3 is 5.21 Å². The largest absolute Gasteiger partial charge is 0.338 e. The molecule has 0 aromatic rings. The van der Waals surface area contributed by atoms with E-state index in [0.717, 1.165) is 5.92 Å². The predicted octanol–water partition coefficient (Wildman–Crippen LogP) is 3.37. The fraction of sp³-hybridized carbons (Fsp3) is 1.00. The molecule has 2 saturated carbocycles. The zero-order valence-electron chi connectivity index (χ0n) is 11.3. The van der Waals surface area contributed by atoms with Crippen LogP contribution < -0.4 is 0 Å². The standard InChI is InChI=1S/C15H27NO/c1-13-12-14(8-4-2-5-9-14)16(17)15(13)10-6-3-7-11-15/h13,17H,2-12H2,1H3/p+1. The van der Waals surface area contributed by atoms with Crippen molar-refractivity contribution >= 4 is 0 Å². The molecule has 1 aliphatic heterocycles. The van der Waals surface area contributed by atoms with Crippen LogP contribution in [-0.2, 0) is 0 Å². The van der Waals surface area contributed by atoms with Gasteiger partial charge in [-0.2, -0.15) is 0 Å². The molecule has 1 atom stereocenters. The van der Waals surface area contributed by atoms with E-state index in [1.165, 1.54) is 70.6 Å². The van der Waals surface area contributed by atoms with Gasteiger partial charge in [-0.1, -0.05) is 50.5 Å². The minimum atomic E-state index is 0.260. The third kappa shape index (κ3) is 1.67. The third-order valence-corrected chi connectivity index (χ3v) is 6.03. The lowest BCUT2D eigenvalue weighted by atomic mass is 9.74. The van der Waals surface area contributed by atoms with E-state index in [1.807, 2.05) is 0 Å². The molecule has 3 fully saturated rings. The second-order valence-corrected chi connectivity index (χ2v) is 6.89. The van der Waals surface area contributed by atoms with E-state index in [9.17, 15) is 0 Å². The van der Waals surface area contributed by atoms with E-state index in [0.29, 0.717) is 0 Å². The van der Waals surface area contributed by atoms with Crippen LogP contribution in [0.25, 0.3) is 0 Å². The van der Waals surface area contributed by atoms with Crippen molar-refractivity contribution in [1.82, 2.24) is 5.06 Å². The van der Waals surface area contributed by atoms with E-state index >= 15 is 0 Å². The Morgan fingerprint density at radius 1 is 0.882 bits per heavy atom. The Kier molecular flexibility index (Phi) is 2.99. The quantitative estimate of drug-likeness (QED) is 0.594. The average Bonchev–Trinajstić information content (AvgIpc) is 2.55. The molecule has 2 N–H and O–H groups in total. The zero-order chi connectivity index (χ0) is 11.9. The maximum atomic E-state index is 8.78. The van der Waals surface area contributed by atoms with Crippen molar-refractivity contribution in [2.75, 3.05) is 0 Å². The van der Waals surface area contributed by atoms with Gasteiger partial charge in [0.15, 0.2) is 0 Å². The maximum Gasteiger partial charge on any atom is 0.0917 e. The van der Waals surface area contributed by atoms with E-state index in [4.69, 9.17) is 5.21 Å². The van der Waals surface area contributed by atoms with Crippen LogP contribution in [0.3, 0.4) is 0 Å². The minimum absolute atomic E-state index is 0.260. The number of nitrogens with zero attached hydrogens (tertiary/aromatic N) is 1. The van der Waals surface area contributed by atoms with E-state index in [1.54, 1.807) is 0 Å². The first kappa shape index (κ1) is 12.0. The molecule has 2 heteroatoms. The third-order valence-electron chi connectivity index (χ3n) is 6.03. The molecule has 2 nitrogen and oxygen atoms in total. The lowest BCUT2D eigenvalue weighted by molar-refractivity contribution is -0.231. The van der Waals surface area contributed by atoms with Crippen LogP contribution in [0.1, 0.15) is 77.6 Å². The highest BCUT2D eigenvalue weighted by Crippen LogP contribution is 2.55. The van der Waals surface area contributed by atoms with Crippen LogP contribution >= 0.6 is 0 Å². The van der Waals surface area contributed by atoms with Gasteiger partial charge in [0.25, 0.3) is 0 Å². The second-order valence-electron chi connectivity index (χ2n) is 6.89. The van der Waals surface area contributed by atoms with Gasteiger partial charge in [0.1, 0.15) is 0 Å². The molecule has 0 radical (unpaired) electrons. The topological polar surface area (TPSA) is 26.1 Å². The van der Waals surface area contributed by atoms with Crippen molar-refractivity contribution in [3.63, 3.8) is 0 Å². The number of hydrogen-bond donors (Lipinski definition) is 0. The molecule has 0 aromatic carbocycles. The zero-order valence-corrected chi connectivity index (χ0v) is 11.3. The van der Waals surface area contributed by atoms with E-state index in [-0.39, 0.29) is 11.1 Å². The van der Waals surface area contributed by atoms with E-state index in [2.05, 4.69) is 12.0 Å². The predicted molar refractivity (Wildman–Crippen MR) is 70.9 cm³/mol. The van der Waals surface area contributed by atoms with Crippen LogP contribution in [0, 0.1) is 5.92 Å². The van der Waals surface area contributed by atoms with Crippen molar-refractivity contribution in [3.8, 4) is 0 Å². The summed E-state index contributed by atoms with van der Waals surface area (Å²) in [5.74, 6) is 0.749. The van der Waals surface area contributed by atoms with Crippen LogP contribution in [0.5, 0.6) is 0 Å². The Morgan fingerprint density at radius 3 is 2.00 bits per heavy atom. The summed E-state index contributed by atoms with van der Waals surface area (Å²) in [6.07, 6.45) is 14.7. The van der Waals surface area contributed by atoms with Crippen LogP contribution in [0.2, 0.25) is 0 Å². The summed E-state index contributed by atoms with van der Waals surface area (Å²) in [5.41, 5.74) is 0.532. The van der Waals surface area contributed by atoms with Crippen molar-refractivity contribution in [2.24, 2.45) is 5.92 Å². The molecular formula is C15H28NO+. The molecule has 2 spiro atoms. The summed E-state index contributed by atoms with van der Waals surface area (Å²) in [6, 6.07) is 0. The Balaban J connectivity index is 1.86. The monoisotopic (exact) mass is 238 g/mol. The highest BCUT2D eigenvalue weighted by Gasteiger charge is 2.61. The van der Waals surface area contributed by atoms with Crippen molar-refractivity contribution in [2.45, 2.75) is 88.6 Å². The highest BCUT2D eigenvalue weighted by atomic mass is 16.5. The average molecular weight is 238 g/mol. The minimum Gasteiger partial charge on any atom is -0.338 e. The number of rotatable bonds is 0. The first-order valence-corrected chi connectivity index (χ1v) is 7.71. The van der Waals surface area contributed by atoms with Crippen molar-refractivity contribution in [1.29, 1.82) is 0 Å². The molecule has 0 bridgehead atoms. The molecule has 17 heavy (non-hydrogen) atoms. The summed E-state index contributed by atoms with van der Waals surface area (Å²) >= 11 is 0. The molecular weight excluding hydrogens is 210 g/mol. The van der Waals surface area contributed by atoms with Gasteiger partial charge in [0.2, 0.25) is 0 Å². The molecule has 3 rings (SSSR count). The van der Waals surface area contributed by atoms with E-state index < -0.39 is 0 Å². The molecule has 3 aliphatic rings. The number of hydrogen-bond acceptors (Lipinski definition) is 1. The first-order chi connectivity index (χ1) is 8.20. The molecule has 2 aliphatic carbocycles. The van der Waals surface area contributed by atoms with Crippen molar-refractivity contribution < 1.29 is 5.21 Å². The smallest absolute Gasteiger partial charge is 0.0917 e. The van der Waals surface area contributed by atoms with Gasteiger partial charge in [0, 0.05) is 0 Å².